The van der Waals surface area contributed by atoms with Crippen molar-refractivity contribution in [1.82, 2.24) is 4.98 Å². The first-order valence-corrected chi connectivity index (χ1v) is 9.74. The molecule has 0 bridgehead atoms. The number of para-hydroxylation sites is 1. The molecule has 2 heterocycles. The summed E-state index contributed by atoms with van der Waals surface area (Å²) in [4.78, 5) is 6.75. The van der Waals surface area contributed by atoms with E-state index in [1.54, 1.807) is 20.4 Å². The highest BCUT2D eigenvalue weighted by atomic mass is 16.5. The van der Waals surface area contributed by atoms with Gasteiger partial charge >= 0.3 is 0 Å². The summed E-state index contributed by atoms with van der Waals surface area (Å²) in [7, 11) is 3.30. The highest BCUT2D eigenvalue weighted by Gasteiger charge is 2.24. The number of hydrogen-bond acceptors (Lipinski definition) is 6. The van der Waals surface area contributed by atoms with Crippen LogP contribution < -0.4 is 19.7 Å². The van der Waals surface area contributed by atoms with E-state index in [0.717, 1.165) is 59.7 Å². The van der Waals surface area contributed by atoms with Crippen LogP contribution in [0.5, 0.6) is 11.5 Å². The van der Waals surface area contributed by atoms with Gasteiger partial charge in [-0.1, -0.05) is 18.2 Å². The minimum absolute atomic E-state index is 0.249. The topological polar surface area (TPSA) is 70.4 Å². The van der Waals surface area contributed by atoms with Gasteiger partial charge in [-0.3, -0.25) is 4.98 Å². The number of methoxy groups -OCH3 is 2. The summed E-state index contributed by atoms with van der Waals surface area (Å²) in [6.45, 7) is 1.73. The Hall–Kier alpha value is -3.46. The van der Waals surface area contributed by atoms with E-state index in [9.17, 15) is 5.26 Å². The van der Waals surface area contributed by atoms with E-state index in [1.165, 1.54) is 0 Å². The Morgan fingerprint density at radius 1 is 1.14 bits per heavy atom. The molecule has 1 aliphatic rings. The number of nitriles is 1. The van der Waals surface area contributed by atoms with Crippen molar-refractivity contribution in [2.75, 3.05) is 37.5 Å². The molecule has 4 rings (SSSR count). The predicted molar refractivity (Wildman–Crippen MR) is 115 cm³/mol. The fourth-order valence-corrected chi connectivity index (χ4v) is 3.97. The zero-order valence-corrected chi connectivity index (χ0v) is 16.7. The number of benzene rings is 2. The zero-order chi connectivity index (χ0) is 20.2. The average Bonchev–Trinajstić information content (AvgIpc) is 2.78. The first-order valence-electron chi connectivity index (χ1n) is 9.74. The molecule has 3 aromatic rings. The SMILES string of the molecule is COc1cc(NC2CCCN(c3c(C#N)cnc4ccccc34)C2)cc(OC)c1. The van der Waals surface area contributed by atoms with Gasteiger partial charge in [0.15, 0.2) is 0 Å². The maximum Gasteiger partial charge on any atom is 0.124 e. The highest BCUT2D eigenvalue weighted by molar-refractivity contribution is 5.94. The Morgan fingerprint density at radius 3 is 2.62 bits per heavy atom. The van der Waals surface area contributed by atoms with Crippen molar-refractivity contribution < 1.29 is 9.47 Å². The number of hydrogen-bond donors (Lipinski definition) is 1. The lowest BCUT2D eigenvalue weighted by Gasteiger charge is -2.36. The minimum Gasteiger partial charge on any atom is -0.497 e. The molecule has 0 aliphatic carbocycles. The highest BCUT2D eigenvalue weighted by Crippen LogP contribution is 2.32. The largest absolute Gasteiger partial charge is 0.497 e. The fraction of sp³-hybridized carbons (Fsp3) is 0.304. The summed E-state index contributed by atoms with van der Waals surface area (Å²) in [6.07, 6.45) is 3.78. The van der Waals surface area contributed by atoms with Crippen molar-refractivity contribution in [2.24, 2.45) is 0 Å². The van der Waals surface area contributed by atoms with Crippen LogP contribution >= 0.6 is 0 Å². The smallest absolute Gasteiger partial charge is 0.124 e. The molecule has 148 valence electrons. The summed E-state index contributed by atoms with van der Waals surface area (Å²) in [5.74, 6) is 1.51. The molecular weight excluding hydrogens is 364 g/mol. The molecule has 0 radical (unpaired) electrons. The molecule has 6 nitrogen and oxygen atoms in total. The van der Waals surface area contributed by atoms with Crippen molar-refractivity contribution in [3.63, 3.8) is 0 Å². The van der Waals surface area contributed by atoms with E-state index in [2.05, 4.69) is 21.3 Å². The Bertz CT molecular complexity index is 1040. The molecular formula is C23H24N4O2. The van der Waals surface area contributed by atoms with Gasteiger partial charge in [0.2, 0.25) is 0 Å². The molecule has 0 saturated carbocycles. The Balaban J connectivity index is 1.62. The van der Waals surface area contributed by atoms with Gasteiger partial charge in [0.05, 0.1) is 31.0 Å². The second-order valence-corrected chi connectivity index (χ2v) is 7.18. The number of nitrogens with zero attached hydrogens (tertiary/aromatic N) is 3. The number of ether oxygens (including phenoxy) is 2. The van der Waals surface area contributed by atoms with E-state index >= 15 is 0 Å². The van der Waals surface area contributed by atoms with Gasteiger partial charge in [-0.15, -0.1) is 0 Å². The molecule has 0 amide bonds. The summed E-state index contributed by atoms with van der Waals surface area (Å²) in [5, 5.41) is 14.3. The molecule has 2 aromatic carbocycles. The zero-order valence-electron chi connectivity index (χ0n) is 16.7. The van der Waals surface area contributed by atoms with Crippen LogP contribution in [-0.4, -0.2) is 38.3 Å². The lowest BCUT2D eigenvalue weighted by Crippen LogP contribution is -2.42. The first kappa shape index (κ1) is 18.9. The molecule has 1 saturated heterocycles. The maximum atomic E-state index is 9.66. The number of pyridine rings is 1. The average molecular weight is 388 g/mol. The van der Waals surface area contributed by atoms with Crippen molar-refractivity contribution in [3.8, 4) is 17.6 Å². The second kappa shape index (κ2) is 8.27. The van der Waals surface area contributed by atoms with Gasteiger partial charge < -0.3 is 19.7 Å². The van der Waals surface area contributed by atoms with Crippen LogP contribution in [0.1, 0.15) is 18.4 Å². The number of aromatic nitrogens is 1. The van der Waals surface area contributed by atoms with E-state index in [1.807, 2.05) is 42.5 Å². The molecule has 29 heavy (non-hydrogen) atoms. The Labute approximate surface area is 170 Å². The fourth-order valence-electron chi connectivity index (χ4n) is 3.97. The number of fused-ring (bicyclic) bond motifs is 1. The van der Waals surface area contributed by atoms with Crippen molar-refractivity contribution in [1.29, 1.82) is 5.26 Å². The third-order valence-electron chi connectivity index (χ3n) is 5.33. The first-order chi connectivity index (χ1) is 14.2. The van der Waals surface area contributed by atoms with Crippen LogP contribution in [0.15, 0.2) is 48.7 Å². The maximum absolute atomic E-state index is 9.66. The Kier molecular flexibility index (Phi) is 5.39. The van der Waals surface area contributed by atoms with Gasteiger partial charge in [0.1, 0.15) is 17.6 Å². The molecule has 1 fully saturated rings. The third kappa shape index (κ3) is 3.90. The van der Waals surface area contributed by atoms with Crippen LogP contribution in [0, 0.1) is 11.3 Å². The van der Waals surface area contributed by atoms with Gasteiger partial charge in [-0.2, -0.15) is 5.26 Å². The lowest BCUT2D eigenvalue weighted by atomic mass is 10.0. The summed E-state index contributed by atoms with van der Waals surface area (Å²) in [5.41, 5.74) is 3.47. The van der Waals surface area contributed by atoms with Crippen LogP contribution in [0.2, 0.25) is 0 Å². The molecule has 1 aromatic heterocycles. The van der Waals surface area contributed by atoms with Crippen LogP contribution in [0.25, 0.3) is 10.9 Å². The predicted octanol–water partition coefficient (Wildman–Crippen LogP) is 4.20. The van der Waals surface area contributed by atoms with Gasteiger partial charge in [0, 0.05) is 54.6 Å². The molecule has 1 N–H and O–H groups in total. The van der Waals surface area contributed by atoms with Crippen molar-refractivity contribution in [3.05, 3.63) is 54.2 Å². The number of rotatable bonds is 5. The van der Waals surface area contributed by atoms with E-state index in [0.29, 0.717) is 5.56 Å². The van der Waals surface area contributed by atoms with E-state index < -0.39 is 0 Å². The van der Waals surface area contributed by atoms with Crippen LogP contribution in [0.3, 0.4) is 0 Å². The molecule has 1 unspecified atom stereocenters. The normalized spacial score (nSPS) is 16.3. The number of nitrogens with one attached hydrogen (secondary N) is 1. The van der Waals surface area contributed by atoms with Gasteiger partial charge in [-0.25, -0.2) is 0 Å². The third-order valence-corrected chi connectivity index (χ3v) is 5.33. The monoisotopic (exact) mass is 388 g/mol. The van der Waals surface area contributed by atoms with E-state index in [4.69, 9.17) is 9.47 Å². The van der Waals surface area contributed by atoms with Crippen LogP contribution in [0.4, 0.5) is 11.4 Å². The summed E-state index contributed by atoms with van der Waals surface area (Å²) in [6, 6.07) is 16.4. The summed E-state index contributed by atoms with van der Waals surface area (Å²) >= 11 is 0. The summed E-state index contributed by atoms with van der Waals surface area (Å²) < 4.78 is 10.8. The second-order valence-electron chi connectivity index (χ2n) is 7.18. The standard InChI is InChI=1S/C23H24N4O2/c1-28-19-10-18(11-20(12-19)29-2)26-17-6-5-9-27(15-17)23-16(13-24)14-25-22-8-4-3-7-21(22)23/h3-4,7-8,10-12,14,17,26H,5-6,9,15H2,1-2H3. The lowest BCUT2D eigenvalue weighted by molar-refractivity contribution is 0.394. The molecule has 1 atom stereocenters. The van der Waals surface area contributed by atoms with Crippen molar-refractivity contribution >= 4 is 22.3 Å². The van der Waals surface area contributed by atoms with E-state index in [-0.39, 0.29) is 6.04 Å². The quantitative estimate of drug-likeness (QED) is 0.706. The van der Waals surface area contributed by atoms with Crippen LogP contribution in [-0.2, 0) is 0 Å². The molecule has 0 spiro atoms. The van der Waals surface area contributed by atoms with Gasteiger partial charge in [-0.05, 0) is 18.9 Å². The number of piperidine rings is 1. The molecule has 1 aliphatic heterocycles. The van der Waals surface area contributed by atoms with Gasteiger partial charge in [0.25, 0.3) is 0 Å². The van der Waals surface area contributed by atoms with Crippen molar-refractivity contribution in [2.45, 2.75) is 18.9 Å². The minimum atomic E-state index is 0.249. The number of anilines is 2. The molecule has 6 heteroatoms. The Morgan fingerprint density at radius 2 is 1.90 bits per heavy atom.